The van der Waals surface area contributed by atoms with E-state index >= 15 is 0 Å². The molecule has 2 N–H and O–H groups in total. The number of carbonyl (C=O) groups excluding carboxylic acids is 1. The molecule has 2 unspecified atom stereocenters. The minimum atomic E-state index is 0. The van der Waals surface area contributed by atoms with E-state index in [-0.39, 0.29) is 36.8 Å². The van der Waals surface area contributed by atoms with Gasteiger partial charge in [0.25, 0.3) is 0 Å². The highest BCUT2D eigenvalue weighted by Gasteiger charge is 2.57. The van der Waals surface area contributed by atoms with Crippen LogP contribution < -0.4 is 15.5 Å². The van der Waals surface area contributed by atoms with E-state index < -0.39 is 0 Å². The van der Waals surface area contributed by atoms with Gasteiger partial charge in [0.2, 0.25) is 5.91 Å². The van der Waals surface area contributed by atoms with E-state index in [2.05, 4.69) is 49.7 Å². The van der Waals surface area contributed by atoms with Crippen molar-refractivity contribution in [1.82, 2.24) is 10.6 Å². The highest BCUT2D eigenvalue weighted by atomic mass is 79.9. The van der Waals surface area contributed by atoms with Crippen molar-refractivity contribution < 1.29 is 4.79 Å². The summed E-state index contributed by atoms with van der Waals surface area (Å²) in [6.07, 6.45) is 4.47. The predicted molar refractivity (Wildman–Crippen MR) is 110 cm³/mol. The lowest BCUT2D eigenvalue weighted by atomic mass is 9.91. The van der Waals surface area contributed by atoms with E-state index in [4.69, 9.17) is 0 Å². The zero-order valence-electron chi connectivity index (χ0n) is 14.2. The Morgan fingerprint density at radius 1 is 1.24 bits per heavy atom. The van der Waals surface area contributed by atoms with Gasteiger partial charge in [-0.15, -0.1) is 24.8 Å². The van der Waals surface area contributed by atoms with Crippen LogP contribution in [0.5, 0.6) is 0 Å². The lowest BCUT2D eigenvalue weighted by Crippen LogP contribution is -2.40. The van der Waals surface area contributed by atoms with Crippen LogP contribution in [0.25, 0.3) is 0 Å². The summed E-state index contributed by atoms with van der Waals surface area (Å²) < 4.78 is 1.13. The number of benzene rings is 1. The van der Waals surface area contributed by atoms with Crippen LogP contribution in [0.1, 0.15) is 25.7 Å². The molecule has 2 aliphatic heterocycles. The fourth-order valence-corrected chi connectivity index (χ4v) is 4.84. The van der Waals surface area contributed by atoms with Crippen molar-refractivity contribution in [3.8, 4) is 0 Å². The van der Waals surface area contributed by atoms with Gasteiger partial charge in [-0.05, 0) is 72.3 Å². The van der Waals surface area contributed by atoms with Crippen molar-refractivity contribution in [2.75, 3.05) is 31.1 Å². The number of carbonyl (C=O) groups is 1. The Bertz CT molecular complexity index is 610. The number of anilines is 1. The fraction of sp³-hybridized carbons (Fsp3) is 0.611. The Morgan fingerprint density at radius 2 is 1.96 bits per heavy atom. The number of para-hydroxylation sites is 1. The van der Waals surface area contributed by atoms with Crippen molar-refractivity contribution in [3.63, 3.8) is 0 Å². The van der Waals surface area contributed by atoms with Gasteiger partial charge in [0.15, 0.2) is 0 Å². The zero-order chi connectivity index (χ0) is 15.9. The molecule has 3 aliphatic rings. The third-order valence-electron chi connectivity index (χ3n) is 5.83. The smallest absolute Gasteiger partial charge is 0.223 e. The van der Waals surface area contributed by atoms with Crippen molar-refractivity contribution in [1.29, 1.82) is 0 Å². The van der Waals surface area contributed by atoms with Crippen molar-refractivity contribution >= 4 is 52.3 Å². The van der Waals surface area contributed by atoms with E-state index in [9.17, 15) is 4.79 Å². The molecule has 140 valence electrons. The molecular weight excluding hydrogens is 425 g/mol. The van der Waals surface area contributed by atoms with Gasteiger partial charge in [-0.1, -0.05) is 12.1 Å². The van der Waals surface area contributed by atoms with Gasteiger partial charge in [-0.3, -0.25) is 4.79 Å². The third-order valence-corrected chi connectivity index (χ3v) is 6.50. The van der Waals surface area contributed by atoms with E-state index in [0.717, 1.165) is 43.5 Å². The van der Waals surface area contributed by atoms with Crippen LogP contribution in [0.3, 0.4) is 0 Å². The minimum Gasteiger partial charge on any atom is -0.368 e. The van der Waals surface area contributed by atoms with Gasteiger partial charge < -0.3 is 15.5 Å². The van der Waals surface area contributed by atoms with Gasteiger partial charge >= 0.3 is 0 Å². The Labute approximate surface area is 170 Å². The summed E-state index contributed by atoms with van der Waals surface area (Å²) >= 11 is 3.62. The van der Waals surface area contributed by atoms with Crippen LogP contribution in [0, 0.1) is 11.3 Å². The first kappa shape index (κ1) is 20.8. The Hall–Kier alpha value is -0.490. The summed E-state index contributed by atoms with van der Waals surface area (Å²) in [5.41, 5.74) is 1.56. The lowest BCUT2D eigenvalue weighted by Gasteiger charge is -2.24. The molecule has 1 aromatic rings. The summed E-state index contributed by atoms with van der Waals surface area (Å²) in [7, 11) is 0. The van der Waals surface area contributed by atoms with Crippen LogP contribution in [-0.2, 0) is 4.79 Å². The number of halogens is 3. The minimum absolute atomic E-state index is 0. The molecule has 1 aliphatic carbocycles. The molecule has 4 rings (SSSR count). The highest BCUT2D eigenvalue weighted by molar-refractivity contribution is 9.10. The average Bonchev–Trinajstić information content (AvgIpc) is 3.04. The quantitative estimate of drug-likeness (QED) is 0.741. The maximum absolute atomic E-state index is 12.6. The van der Waals surface area contributed by atoms with Gasteiger partial charge in [-0.2, -0.15) is 0 Å². The van der Waals surface area contributed by atoms with Gasteiger partial charge in [0.05, 0.1) is 5.69 Å². The fourth-order valence-electron chi connectivity index (χ4n) is 4.30. The van der Waals surface area contributed by atoms with Crippen molar-refractivity contribution in [2.45, 2.75) is 31.7 Å². The molecule has 25 heavy (non-hydrogen) atoms. The van der Waals surface area contributed by atoms with Gasteiger partial charge in [0, 0.05) is 29.5 Å². The molecule has 0 radical (unpaired) electrons. The maximum Gasteiger partial charge on any atom is 0.223 e. The molecular formula is C18H26BrCl2N3O. The molecule has 1 aromatic carbocycles. The second-order valence-electron chi connectivity index (χ2n) is 7.26. The number of hydrogen-bond donors (Lipinski definition) is 2. The molecule has 1 spiro atoms. The average molecular weight is 451 g/mol. The number of hydrogen-bond acceptors (Lipinski definition) is 3. The molecule has 2 heterocycles. The molecule has 1 amide bonds. The largest absolute Gasteiger partial charge is 0.368 e. The molecule has 7 heteroatoms. The van der Waals surface area contributed by atoms with Crippen LogP contribution in [-0.4, -0.2) is 38.1 Å². The topological polar surface area (TPSA) is 44.4 Å². The first-order valence-corrected chi connectivity index (χ1v) is 9.48. The second kappa shape index (κ2) is 8.47. The molecule has 2 saturated heterocycles. The van der Waals surface area contributed by atoms with E-state index in [0.29, 0.717) is 11.3 Å². The molecule has 4 nitrogen and oxygen atoms in total. The molecule has 0 bridgehead atoms. The summed E-state index contributed by atoms with van der Waals surface area (Å²) in [5, 5.41) is 6.71. The maximum atomic E-state index is 12.6. The van der Waals surface area contributed by atoms with Crippen molar-refractivity contribution in [3.05, 3.63) is 28.7 Å². The summed E-state index contributed by atoms with van der Waals surface area (Å²) in [5.74, 6) is 0.563. The highest BCUT2D eigenvalue weighted by Crippen LogP contribution is 2.58. The third kappa shape index (κ3) is 4.26. The second-order valence-corrected chi connectivity index (χ2v) is 8.12. The molecule has 1 saturated carbocycles. The summed E-state index contributed by atoms with van der Waals surface area (Å²) in [6.45, 7) is 4.06. The molecule has 2 atom stereocenters. The summed E-state index contributed by atoms with van der Waals surface area (Å²) in [6, 6.07) is 8.60. The number of nitrogens with one attached hydrogen (secondary N) is 2. The molecule has 3 fully saturated rings. The normalized spacial score (nSPS) is 26.5. The Morgan fingerprint density at radius 3 is 2.68 bits per heavy atom. The molecule has 0 aromatic heterocycles. The van der Waals surface area contributed by atoms with E-state index in [1.54, 1.807) is 0 Å². The number of piperidine rings is 1. The first-order chi connectivity index (χ1) is 11.2. The van der Waals surface area contributed by atoms with E-state index in [1.807, 2.05) is 6.07 Å². The number of rotatable bonds is 3. The van der Waals surface area contributed by atoms with Crippen LogP contribution in [0.4, 0.5) is 5.69 Å². The Kier molecular flexibility index (Phi) is 7.05. The lowest BCUT2D eigenvalue weighted by molar-refractivity contribution is -0.123. The van der Waals surface area contributed by atoms with Crippen LogP contribution >= 0.6 is 40.7 Å². The van der Waals surface area contributed by atoms with Gasteiger partial charge in [-0.25, -0.2) is 0 Å². The van der Waals surface area contributed by atoms with Crippen LogP contribution in [0.2, 0.25) is 0 Å². The number of nitrogens with zero attached hydrogens (tertiary/aromatic N) is 1. The van der Waals surface area contributed by atoms with Crippen LogP contribution in [0.15, 0.2) is 28.7 Å². The predicted octanol–water partition coefficient (Wildman–Crippen LogP) is 3.38. The van der Waals surface area contributed by atoms with Crippen molar-refractivity contribution in [2.24, 2.45) is 11.3 Å². The van der Waals surface area contributed by atoms with Gasteiger partial charge in [0.1, 0.15) is 0 Å². The summed E-state index contributed by atoms with van der Waals surface area (Å²) in [4.78, 5) is 14.9. The zero-order valence-corrected chi connectivity index (χ0v) is 17.4. The SMILES string of the molecule is Cl.Cl.O=C(NC1CCN(c2ccccc2Br)C1)C1CC12CCNCC2. The number of amides is 1. The monoisotopic (exact) mass is 449 g/mol. The standard InChI is InChI=1S/C18H24BrN3O.2ClH/c19-15-3-1-2-4-16(15)22-10-5-13(12-22)21-17(23)14-11-18(14)6-8-20-9-7-18;;/h1-4,13-14,20H,5-12H2,(H,21,23);2*1H. The first-order valence-electron chi connectivity index (χ1n) is 8.69. The van der Waals surface area contributed by atoms with E-state index in [1.165, 1.54) is 18.5 Å². The Balaban J connectivity index is 0.00000113.